The van der Waals surface area contributed by atoms with Gasteiger partial charge in [0.2, 0.25) is 0 Å². The zero-order chi connectivity index (χ0) is 14.7. The van der Waals surface area contributed by atoms with Gasteiger partial charge in [-0.15, -0.1) is 0 Å². The molecule has 2 aromatic carbocycles. The summed E-state index contributed by atoms with van der Waals surface area (Å²) in [6.45, 7) is 0. The number of methoxy groups -OCH3 is 1. The van der Waals surface area contributed by atoms with Crippen molar-refractivity contribution < 1.29 is 13.9 Å². The minimum absolute atomic E-state index is 0.268. The molecule has 0 atom stereocenters. The molecule has 1 amide bonds. The minimum atomic E-state index is -0.370. The predicted molar refractivity (Wildman–Crippen MR) is 84.5 cm³/mol. The van der Waals surface area contributed by atoms with E-state index < -0.39 is 0 Å². The lowest BCUT2D eigenvalue weighted by Gasteiger charge is -2.11. The van der Waals surface area contributed by atoms with Gasteiger partial charge in [-0.25, -0.2) is 4.39 Å². The largest absolute Gasteiger partial charge is 0.495 e. The number of halogens is 2. The van der Waals surface area contributed by atoms with Crippen LogP contribution in [0.5, 0.6) is 5.75 Å². The summed E-state index contributed by atoms with van der Waals surface area (Å²) in [6, 6.07) is 9.08. The molecule has 0 aliphatic rings. The fraction of sp³-hybridized carbons (Fsp3) is 0.0714. The van der Waals surface area contributed by atoms with Crippen LogP contribution < -0.4 is 15.8 Å². The number of para-hydroxylation sites is 1. The number of nitrogens with one attached hydrogen (secondary N) is 1. The number of nitrogens with two attached hydrogens (primary N) is 1. The van der Waals surface area contributed by atoms with Crippen molar-refractivity contribution in [2.45, 2.75) is 0 Å². The lowest BCUT2D eigenvalue weighted by Crippen LogP contribution is -2.15. The van der Waals surface area contributed by atoms with E-state index in [0.29, 0.717) is 20.6 Å². The summed E-state index contributed by atoms with van der Waals surface area (Å²) in [5.41, 5.74) is 6.97. The van der Waals surface area contributed by atoms with Gasteiger partial charge in [-0.1, -0.05) is 6.07 Å². The van der Waals surface area contributed by atoms with Gasteiger partial charge in [-0.3, -0.25) is 4.79 Å². The quantitative estimate of drug-likeness (QED) is 0.629. The number of hydrogen-bond donors (Lipinski definition) is 2. The van der Waals surface area contributed by atoms with Crippen molar-refractivity contribution in [3.05, 3.63) is 51.3 Å². The highest BCUT2D eigenvalue weighted by molar-refractivity contribution is 14.1. The van der Waals surface area contributed by atoms with E-state index >= 15 is 0 Å². The van der Waals surface area contributed by atoms with Crippen molar-refractivity contribution in [3.8, 4) is 5.75 Å². The number of rotatable bonds is 3. The zero-order valence-electron chi connectivity index (χ0n) is 10.6. The number of nitrogen functional groups attached to an aromatic ring is 1. The number of carbonyl (C=O) groups excluding carboxylic acids is 1. The molecular weight excluding hydrogens is 374 g/mol. The van der Waals surface area contributed by atoms with E-state index in [-0.39, 0.29) is 17.4 Å². The topological polar surface area (TPSA) is 64.3 Å². The van der Waals surface area contributed by atoms with E-state index in [2.05, 4.69) is 5.32 Å². The molecule has 0 heterocycles. The highest BCUT2D eigenvalue weighted by Gasteiger charge is 2.14. The van der Waals surface area contributed by atoms with Crippen LogP contribution in [0, 0.1) is 9.39 Å². The number of amides is 1. The SMILES string of the molecule is COc1cccc(C(=O)Nc2ccc(F)cc2I)c1N. The average molecular weight is 386 g/mol. The van der Waals surface area contributed by atoms with Crippen molar-refractivity contribution >= 4 is 39.9 Å². The molecule has 0 aromatic heterocycles. The molecule has 104 valence electrons. The summed E-state index contributed by atoms with van der Waals surface area (Å²) in [5.74, 6) is -0.286. The van der Waals surface area contributed by atoms with Gasteiger partial charge in [-0.2, -0.15) is 0 Å². The van der Waals surface area contributed by atoms with Crippen LogP contribution in [0.15, 0.2) is 36.4 Å². The molecule has 0 aliphatic heterocycles. The Labute approximate surface area is 129 Å². The molecule has 0 aliphatic carbocycles. The molecule has 0 bridgehead atoms. The van der Waals surface area contributed by atoms with E-state index in [4.69, 9.17) is 10.5 Å². The molecular formula is C14H12FIN2O2. The van der Waals surface area contributed by atoms with Gasteiger partial charge in [0.25, 0.3) is 5.91 Å². The molecule has 0 saturated carbocycles. The number of anilines is 2. The van der Waals surface area contributed by atoms with Gasteiger partial charge in [0.15, 0.2) is 0 Å². The molecule has 0 spiro atoms. The first-order chi connectivity index (χ1) is 9.52. The Morgan fingerprint density at radius 3 is 2.75 bits per heavy atom. The van der Waals surface area contributed by atoms with Crippen LogP contribution in [0.25, 0.3) is 0 Å². The summed E-state index contributed by atoms with van der Waals surface area (Å²) in [5, 5.41) is 2.70. The number of carbonyl (C=O) groups is 1. The second kappa shape index (κ2) is 6.08. The first-order valence-corrected chi connectivity index (χ1v) is 6.79. The maximum Gasteiger partial charge on any atom is 0.257 e. The summed E-state index contributed by atoms with van der Waals surface area (Å²) in [6.07, 6.45) is 0. The molecule has 20 heavy (non-hydrogen) atoms. The van der Waals surface area contributed by atoms with E-state index in [1.54, 1.807) is 18.2 Å². The van der Waals surface area contributed by atoms with Crippen molar-refractivity contribution in [1.29, 1.82) is 0 Å². The Balaban J connectivity index is 2.28. The highest BCUT2D eigenvalue weighted by atomic mass is 127. The molecule has 6 heteroatoms. The van der Waals surface area contributed by atoms with Gasteiger partial charge in [-0.05, 0) is 52.9 Å². The number of ether oxygens (including phenoxy) is 1. The molecule has 3 N–H and O–H groups in total. The third-order valence-corrected chi connectivity index (χ3v) is 3.60. The molecule has 0 unspecified atom stereocenters. The fourth-order valence-electron chi connectivity index (χ4n) is 1.70. The Morgan fingerprint density at radius 1 is 1.35 bits per heavy atom. The number of hydrogen-bond acceptors (Lipinski definition) is 3. The van der Waals surface area contributed by atoms with Crippen molar-refractivity contribution in [1.82, 2.24) is 0 Å². The third kappa shape index (κ3) is 3.01. The average Bonchev–Trinajstić information content (AvgIpc) is 2.42. The van der Waals surface area contributed by atoms with Crippen LogP contribution in [0.2, 0.25) is 0 Å². The van der Waals surface area contributed by atoms with E-state index in [0.717, 1.165) is 0 Å². The van der Waals surface area contributed by atoms with Crippen molar-refractivity contribution in [2.24, 2.45) is 0 Å². The van der Waals surface area contributed by atoms with Crippen molar-refractivity contribution in [2.75, 3.05) is 18.2 Å². The molecule has 0 saturated heterocycles. The second-order valence-electron chi connectivity index (χ2n) is 4.00. The Morgan fingerprint density at radius 2 is 2.10 bits per heavy atom. The Hall–Kier alpha value is -1.83. The van der Waals surface area contributed by atoms with Crippen LogP contribution in [0.3, 0.4) is 0 Å². The first kappa shape index (κ1) is 14.6. The summed E-state index contributed by atoms with van der Waals surface area (Å²) < 4.78 is 18.7. The molecule has 0 fully saturated rings. The Bertz CT molecular complexity index is 662. The molecule has 0 radical (unpaired) electrons. The number of benzene rings is 2. The van der Waals surface area contributed by atoms with Gasteiger partial charge in [0, 0.05) is 3.57 Å². The van der Waals surface area contributed by atoms with Gasteiger partial charge in [0.1, 0.15) is 11.6 Å². The maximum atomic E-state index is 13.0. The van der Waals surface area contributed by atoms with Gasteiger partial charge >= 0.3 is 0 Å². The standard InChI is InChI=1S/C14H12FIN2O2/c1-20-12-4-2-3-9(13(12)17)14(19)18-11-6-5-8(15)7-10(11)16/h2-7H,17H2,1H3,(H,18,19). The lowest BCUT2D eigenvalue weighted by atomic mass is 10.1. The minimum Gasteiger partial charge on any atom is -0.495 e. The first-order valence-electron chi connectivity index (χ1n) is 5.72. The Kier molecular flexibility index (Phi) is 4.43. The maximum absolute atomic E-state index is 13.0. The van der Waals surface area contributed by atoms with Gasteiger partial charge in [0.05, 0.1) is 24.0 Å². The van der Waals surface area contributed by atoms with Crippen LogP contribution in [-0.4, -0.2) is 13.0 Å². The highest BCUT2D eigenvalue weighted by Crippen LogP contribution is 2.26. The normalized spacial score (nSPS) is 10.2. The molecule has 2 rings (SSSR count). The lowest BCUT2D eigenvalue weighted by molar-refractivity contribution is 0.102. The summed E-state index contributed by atoms with van der Waals surface area (Å²) >= 11 is 1.95. The third-order valence-electron chi connectivity index (χ3n) is 2.71. The summed E-state index contributed by atoms with van der Waals surface area (Å²) in [7, 11) is 1.48. The van der Waals surface area contributed by atoms with Crippen LogP contribution in [0.1, 0.15) is 10.4 Å². The molecule has 2 aromatic rings. The van der Waals surface area contributed by atoms with E-state index in [9.17, 15) is 9.18 Å². The smallest absolute Gasteiger partial charge is 0.257 e. The fourth-order valence-corrected chi connectivity index (χ4v) is 2.31. The molecule has 4 nitrogen and oxygen atoms in total. The van der Waals surface area contributed by atoms with E-state index in [1.807, 2.05) is 22.6 Å². The van der Waals surface area contributed by atoms with Gasteiger partial charge < -0.3 is 15.8 Å². The van der Waals surface area contributed by atoms with E-state index in [1.165, 1.54) is 25.3 Å². The van der Waals surface area contributed by atoms with Crippen LogP contribution in [-0.2, 0) is 0 Å². The van der Waals surface area contributed by atoms with Crippen LogP contribution in [0.4, 0.5) is 15.8 Å². The zero-order valence-corrected chi connectivity index (χ0v) is 12.8. The second-order valence-corrected chi connectivity index (χ2v) is 5.16. The van der Waals surface area contributed by atoms with Crippen molar-refractivity contribution in [3.63, 3.8) is 0 Å². The monoisotopic (exact) mass is 386 g/mol. The summed E-state index contributed by atoms with van der Waals surface area (Å²) in [4.78, 5) is 12.2. The predicted octanol–water partition coefficient (Wildman–Crippen LogP) is 3.27. The van der Waals surface area contributed by atoms with Crippen LogP contribution >= 0.6 is 22.6 Å².